The minimum atomic E-state index is -0.345. The molecule has 2 rings (SSSR count). The van der Waals surface area contributed by atoms with Gasteiger partial charge in [0.05, 0.1) is 6.04 Å². The molecule has 24 heavy (non-hydrogen) atoms. The highest BCUT2D eigenvalue weighted by Crippen LogP contribution is 2.21. The van der Waals surface area contributed by atoms with Crippen LogP contribution >= 0.6 is 0 Å². The van der Waals surface area contributed by atoms with E-state index in [9.17, 15) is 9.59 Å². The van der Waals surface area contributed by atoms with Crippen molar-refractivity contribution in [2.45, 2.75) is 39.2 Å². The number of nitrogens with zero attached hydrogens (tertiary/aromatic N) is 1. The maximum atomic E-state index is 12.8. The lowest BCUT2D eigenvalue weighted by atomic mass is 10.0. The predicted octanol–water partition coefficient (Wildman–Crippen LogP) is 3.28. The van der Waals surface area contributed by atoms with Gasteiger partial charge in [-0.05, 0) is 49.4 Å². The average Bonchev–Trinajstić information content (AvgIpc) is 2.60. The fraction of sp³-hybridized carbons (Fsp3) is 0.350. The predicted molar refractivity (Wildman–Crippen MR) is 97.4 cm³/mol. The van der Waals surface area contributed by atoms with E-state index in [1.54, 1.807) is 17.7 Å². The van der Waals surface area contributed by atoms with Crippen LogP contribution in [0.15, 0.2) is 41.3 Å². The third kappa shape index (κ3) is 3.75. The molecule has 1 N–H and O–H groups in total. The second kappa shape index (κ2) is 7.95. The van der Waals surface area contributed by atoms with Gasteiger partial charge in [0, 0.05) is 13.2 Å². The number of unbranched alkanes of at least 4 members (excludes halogenated alkanes) is 1. The molecule has 1 amide bonds. The zero-order valence-electron chi connectivity index (χ0n) is 14.6. The first kappa shape index (κ1) is 18.0. The van der Waals surface area contributed by atoms with Gasteiger partial charge in [-0.3, -0.25) is 9.59 Å². The van der Waals surface area contributed by atoms with Gasteiger partial charge in [0.1, 0.15) is 5.56 Å². The summed E-state index contributed by atoms with van der Waals surface area (Å²) >= 11 is 0. The lowest BCUT2D eigenvalue weighted by Crippen LogP contribution is -2.33. The highest BCUT2D eigenvalue weighted by Gasteiger charge is 2.18. The molecule has 1 atom stereocenters. The summed E-state index contributed by atoms with van der Waals surface area (Å²) in [5.41, 5.74) is 3.12. The van der Waals surface area contributed by atoms with Gasteiger partial charge < -0.3 is 9.88 Å². The Morgan fingerprint density at radius 2 is 2.04 bits per heavy atom. The number of carbonyl (C=O) groups excluding carboxylic acids is 1. The Bertz CT molecular complexity index is 777. The van der Waals surface area contributed by atoms with Gasteiger partial charge in [-0.25, -0.2) is 0 Å². The quantitative estimate of drug-likeness (QED) is 0.886. The smallest absolute Gasteiger partial charge is 0.263 e. The third-order valence-electron chi connectivity index (χ3n) is 4.34. The summed E-state index contributed by atoms with van der Waals surface area (Å²) in [4.78, 5) is 24.9. The normalized spacial score (nSPS) is 12.0. The lowest BCUT2D eigenvalue weighted by Gasteiger charge is -2.20. The molecule has 1 aromatic heterocycles. The number of aromatic nitrogens is 1. The second-order valence-electron chi connectivity index (χ2n) is 6.04. The van der Waals surface area contributed by atoms with E-state index >= 15 is 0 Å². The molecular formula is C20H25N2O2. The fourth-order valence-electron chi connectivity index (χ4n) is 2.92. The maximum absolute atomic E-state index is 12.8. The summed E-state index contributed by atoms with van der Waals surface area (Å²) in [5, 5.41) is 2.56. The molecule has 127 valence electrons. The highest BCUT2D eigenvalue weighted by atomic mass is 16.2. The number of rotatable bonds is 6. The molecule has 0 saturated heterocycles. The Labute approximate surface area is 143 Å². The molecule has 1 heterocycles. The zero-order valence-corrected chi connectivity index (χ0v) is 14.6. The van der Waals surface area contributed by atoms with Crippen molar-refractivity contribution in [1.29, 1.82) is 0 Å². The molecule has 0 aliphatic rings. The molecule has 0 fully saturated rings. The van der Waals surface area contributed by atoms with Crippen molar-refractivity contribution in [1.82, 2.24) is 9.88 Å². The number of carbonyl (C=O) groups is 1. The zero-order chi connectivity index (χ0) is 17.7. The van der Waals surface area contributed by atoms with Crippen molar-refractivity contribution in [2.24, 2.45) is 0 Å². The summed E-state index contributed by atoms with van der Waals surface area (Å²) in [7, 11) is 1.54. The van der Waals surface area contributed by atoms with Crippen molar-refractivity contribution in [3.63, 3.8) is 0 Å². The molecule has 0 spiro atoms. The fourth-order valence-corrected chi connectivity index (χ4v) is 2.92. The molecule has 0 bridgehead atoms. The van der Waals surface area contributed by atoms with Crippen LogP contribution in [0, 0.1) is 13.8 Å². The molecule has 1 unspecified atom stereocenters. The van der Waals surface area contributed by atoms with Gasteiger partial charge in [-0.1, -0.05) is 37.6 Å². The Morgan fingerprint density at radius 1 is 1.33 bits per heavy atom. The van der Waals surface area contributed by atoms with Gasteiger partial charge in [0.25, 0.3) is 11.5 Å². The average molecular weight is 325 g/mol. The Morgan fingerprint density at radius 3 is 2.67 bits per heavy atom. The monoisotopic (exact) mass is 325 g/mol. The number of hydrogen-bond acceptors (Lipinski definition) is 2. The van der Waals surface area contributed by atoms with E-state index in [0.29, 0.717) is 0 Å². The number of amides is 1. The van der Waals surface area contributed by atoms with Crippen LogP contribution in [0.5, 0.6) is 0 Å². The summed E-state index contributed by atoms with van der Waals surface area (Å²) < 4.78 is 1.67. The highest BCUT2D eigenvalue weighted by molar-refractivity contribution is 5.93. The molecular weight excluding hydrogens is 300 g/mol. The number of pyridine rings is 1. The molecule has 4 nitrogen and oxygen atoms in total. The minimum absolute atomic E-state index is 0.137. The van der Waals surface area contributed by atoms with Gasteiger partial charge in [-0.2, -0.15) is 0 Å². The number of aryl methyl sites for hydroxylation is 2. The Balaban J connectivity index is 2.57. The van der Waals surface area contributed by atoms with Crippen LogP contribution in [0.1, 0.15) is 52.9 Å². The molecule has 1 radical (unpaired) electrons. The van der Waals surface area contributed by atoms with Crippen LogP contribution < -0.4 is 10.9 Å². The number of hydrogen-bond donors (Lipinski definition) is 1. The van der Waals surface area contributed by atoms with Gasteiger partial charge >= 0.3 is 0 Å². The summed E-state index contributed by atoms with van der Waals surface area (Å²) in [5.74, 6) is -0.345. The summed E-state index contributed by atoms with van der Waals surface area (Å²) in [6.07, 6.45) is 4.42. The maximum Gasteiger partial charge on any atom is 0.263 e. The molecule has 1 aromatic carbocycles. The van der Waals surface area contributed by atoms with E-state index in [4.69, 9.17) is 0 Å². The van der Waals surface area contributed by atoms with E-state index in [2.05, 4.69) is 12.2 Å². The third-order valence-corrected chi connectivity index (χ3v) is 4.34. The topological polar surface area (TPSA) is 51.1 Å². The van der Waals surface area contributed by atoms with Crippen LogP contribution in [-0.4, -0.2) is 17.5 Å². The molecule has 2 aromatic rings. The molecule has 0 saturated carbocycles. The Hall–Kier alpha value is -2.36. The second-order valence-corrected chi connectivity index (χ2v) is 6.04. The van der Waals surface area contributed by atoms with E-state index in [-0.39, 0.29) is 23.1 Å². The number of benzene rings is 1. The van der Waals surface area contributed by atoms with Gasteiger partial charge in [-0.15, -0.1) is 0 Å². The van der Waals surface area contributed by atoms with E-state index in [1.165, 1.54) is 0 Å². The van der Waals surface area contributed by atoms with Gasteiger partial charge in [0.2, 0.25) is 0 Å². The van der Waals surface area contributed by atoms with Crippen molar-refractivity contribution >= 4 is 5.91 Å². The SMILES string of the molecule is [CH2]CCCc1cc(C(=O)NC)c(=O)n(C(C)c2ccccc2C)c1. The van der Waals surface area contributed by atoms with E-state index in [1.807, 2.05) is 44.3 Å². The number of nitrogens with one attached hydrogen (secondary N) is 1. The Kier molecular flexibility index (Phi) is 5.96. The van der Waals surface area contributed by atoms with E-state index in [0.717, 1.165) is 36.0 Å². The minimum Gasteiger partial charge on any atom is -0.355 e. The summed E-state index contributed by atoms with van der Waals surface area (Å²) in [6, 6.07) is 9.57. The van der Waals surface area contributed by atoms with Crippen LogP contribution in [0.3, 0.4) is 0 Å². The van der Waals surface area contributed by atoms with Crippen LogP contribution in [0.4, 0.5) is 0 Å². The van der Waals surface area contributed by atoms with Crippen molar-refractivity contribution in [3.05, 3.63) is 76.1 Å². The van der Waals surface area contributed by atoms with Crippen LogP contribution in [-0.2, 0) is 6.42 Å². The van der Waals surface area contributed by atoms with Gasteiger partial charge in [0.15, 0.2) is 0 Å². The first-order valence-corrected chi connectivity index (χ1v) is 8.31. The molecule has 4 heteroatoms. The largest absolute Gasteiger partial charge is 0.355 e. The van der Waals surface area contributed by atoms with Crippen LogP contribution in [0.25, 0.3) is 0 Å². The molecule has 0 aliphatic heterocycles. The van der Waals surface area contributed by atoms with Crippen molar-refractivity contribution < 1.29 is 4.79 Å². The van der Waals surface area contributed by atoms with Crippen molar-refractivity contribution in [2.75, 3.05) is 7.05 Å². The molecule has 0 aliphatic carbocycles. The van der Waals surface area contributed by atoms with E-state index < -0.39 is 0 Å². The summed E-state index contributed by atoms with van der Waals surface area (Å²) in [6.45, 7) is 7.88. The van der Waals surface area contributed by atoms with Crippen molar-refractivity contribution in [3.8, 4) is 0 Å². The first-order valence-electron chi connectivity index (χ1n) is 8.31. The first-order chi connectivity index (χ1) is 11.5. The lowest BCUT2D eigenvalue weighted by molar-refractivity contribution is 0.0960. The standard InChI is InChI=1S/C20H25N2O2/c1-5-6-10-16-12-18(19(23)21-4)20(24)22(13-16)15(3)17-11-8-7-9-14(17)2/h7-9,11-13,15H,1,5-6,10H2,2-4H3,(H,21,23). The van der Waals surface area contributed by atoms with Crippen LogP contribution in [0.2, 0.25) is 0 Å².